The standard InChI is InChI=1S/C21H26N6O2/c1-17(28)24-7-11-26(12-8-24)20-15-19(22-16-23-20)21(29)27-13-9-25(10-14-27)18-5-3-2-4-6-18/h2-6,15-16H,7-14H2,1H3. The molecule has 29 heavy (non-hydrogen) atoms. The van der Waals surface area contributed by atoms with Gasteiger partial charge in [0.05, 0.1) is 0 Å². The van der Waals surface area contributed by atoms with E-state index in [0.29, 0.717) is 45.0 Å². The van der Waals surface area contributed by atoms with Crippen molar-refractivity contribution in [3.63, 3.8) is 0 Å². The monoisotopic (exact) mass is 394 g/mol. The van der Waals surface area contributed by atoms with Crippen molar-refractivity contribution in [2.45, 2.75) is 6.92 Å². The highest BCUT2D eigenvalue weighted by Crippen LogP contribution is 2.18. The van der Waals surface area contributed by atoms with Crippen LogP contribution in [0.2, 0.25) is 0 Å². The van der Waals surface area contributed by atoms with E-state index in [9.17, 15) is 9.59 Å². The summed E-state index contributed by atoms with van der Waals surface area (Å²) < 4.78 is 0. The van der Waals surface area contributed by atoms with Gasteiger partial charge in [0, 0.05) is 71.0 Å². The molecule has 2 aliphatic rings. The third-order valence-electron chi connectivity index (χ3n) is 5.61. The first kappa shape index (κ1) is 19.2. The van der Waals surface area contributed by atoms with Crippen molar-refractivity contribution >= 4 is 23.3 Å². The summed E-state index contributed by atoms with van der Waals surface area (Å²) in [5.74, 6) is 0.788. The van der Waals surface area contributed by atoms with E-state index in [1.54, 1.807) is 13.0 Å². The van der Waals surface area contributed by atoms with Crippen molar-refractivity contribution < 1.29 is 9.59 Å². The highest BCUT2D eigenvalue weighted by molar-refractivity contribution is 5.93. The summed E-state index contributed by atoms with van der Waals surface area (Å²) in [7, 11) is 0. The van der Waals surface area contributed by atoms with Gasteiger partial charge in [0.25, 0.3) is 5.91 Å². The molecule has 152 valence electrons. The third kappa shape index (κ3) is 4.31. The van der Waals surface area contributed by atoms with E-state index >= 15 is 0 Å². The number of benzene rings is 1. The molecule has 2 fully saturated rings. The Morgan fingerprint density at radius 3 is 2.07 bits per heavy atom. The SMILES string of the molecule is CC(=O)N1CCN(c2cc(C(=O)N3CCN(c4ccccc4)CC3)ncn2)CC1. The fraction of sp³-hybridized carbons (Fsp3) is 0.429. The molecule has 0 bridgehead atoms. The maximum absolute atomic E-state index is 13.0. The van der Waals surface area contributed by atoms with Crippen LogP contribution in [-0.4, -0.2) is 83.9 Å². The third-order valence-corrected chi connectivity index (χ3v) is 5.61. The minimum absolute atomic E-state index is 0.0521. The van der Waals surface area contributed by atoms with Gasteiger partial charge >= 0.3 is 0 Å². The number of amides is 2. The second-order valence-electron chi connectivity index (χ2n) is 7.37. The summed E-state index contributed by atoms with van der Waals surface area (Å²) in [5, 5.41) is 0. The van der Waals surface area contributed by atoms with E-state index in [4.69, 9.17) is 0 Å². The molecule has 2 amide bonds. The first-order chi connectivity index (χ1) is 14.1. The van der Waals surface area contributed by atoms with E-state index < -0.39 is 0 Å². The normalized spacial score (nSPS) is 17.4. The molecule has 1 aromatic heterocycles. The first-order valence-corrected chi connectivity index (χ1v) is 10.0. The predicted molar refractivity (Wildman–Crippen MR) is 111 cm³/mol. The Morgan fingerprint density at radius 2 is 1.41 bits per heavy atom. The maximum Gasteiger partial charge on any atom is 0.272 e. The van der Waals surface area contributed by atoms with Crippen LogP contribution in [0.3, 0.4) is 0 Å². The van der Waals surface area contributed by atoms with E-state index in [0.717, 1.165) is 18.9 Å². The zero-order chi connectivity index (χ0) is 20.2. The first-order valence-electron chi connectivity index (χ1n) is 10.0. The Hall–Kier alpha value is -3.16. The van der Waals surface area contributed by atoms with Crippen molar-refractivity contribution in [1.29, 1.82) is 0 Å². The fourth-order valence-corrected chi connectivity index (χ4v) is 3.86. The van der Waals surface area contributed by atoms with Crippen molar-refractivity contribution in [3.05, 3.63) is 48.4 Å². The van der Waals surface area contributed by atoms with Crippen molar-refractivity contribution in [3.8, 4) is 0 Å². The summed E-state index contributed by atoms with van der Waals surface area (Å²) in [6, 6.07) is 12.0. The summed E-state index contributed by atoms with van der Waals surface area (Å²) in [6.45, 7) is 7.30. The highest BCUT2D eigenvalue weighted by Gasteiger charge is 2.25. The van der Waals surface area contributed by atoms with Gasteiger partial charge in [-0.1, -0.05) is 18.2 Å². The largest absolute Gasteiger partial charge is 0.368 e. The average molecular weight is 394 g/mol. The molecule has 2 aromatic rings. The molecular formula is C21H26N6O2. The van der Waals surface area contributed by atoms with E-state index in [-0.39, 0.29) is 11.8 Å². The quantitative estimate of drug-likeness (QED) is 0.777. The van der Waals surface area contributed by atoms with E-state index in [1.165, 1.54) is 12.0 Å². The van der Waals surface area contributed by atoms with Crippen LogP contribution in [0, 0.1) is 0 Å². The highest BCUT2D eigenvalue weighted by atomic mass is 16.2. The van der Waals surface area contributed by atoms with Crippen LogP contribution in [0.4, 0.5) is 11.5 Å². The van der Waals surface area contributed by atoms with E-state index in [2.05, 4.69) is 31.9 Å². The number of hydrogen-bond donors (Lipinski definition) is 0. The van der Waals surface area contributed by atoms with Gasteiger partial charge in [-0.2, -0.15) is 0 Å². The van der Waals surface area contributed by atoms with Gasteiger partial charge in [-0.05, 0) is 12.1 Å². The molecular weight excluding hydrogens is 368 g/mol. The van der Waals surface area contributed by atoms with Gasteiger partial charge in [-0.15, -0.1) is 0 Å². The molecule has 0 aliphatic carbocycles. The minimum Gasteiger partial charge on any atom is -0.368 e. The van der Waals surface area contributed by atoms with Crippen LogP contribution >= 0.6 is 0 Å². The molecule has 2 saturated heterocycles. The minimum atomic E-state index is -0.0521. The molecule has 4 rings (SSSR count). The Morgan fingerprint density at radius 1 is 0.793 bits per heavy atom. The van der Waals surface area contributed by atoms with Crippen molar-refractivity contribution in [1.82, 2.24) is 19.8 Å². The lowest BCUT2D eigenvalue weighted by molar-refractivity contribution is -0.129. The summed E-state index contributed by atoms with van der Waals surface area (Å²) >= 11 is 0. The van der Waals surface area contributed by atoms with Crippen molar-refractivity contribution in [2.24, 2.45) is 0 Å². The van der Waals surface area contributed by atoms with Gasteiger partial charge in [0.15, 0.2) is 0 Å². The lowest BCUT2D eigenvalue weighted by atomic mass is 10.2. The number of para-hydroxylation sites is 1. The molecule has 0 saturated carbocycles. The molecule has 0 N–H and O–H groups in total. The number of rotatable bonds is 3. The predicted octanol–water partition coefficient (Wildman–Crippen LogP) is 1.11. The molecule has 0 spiro atoms. The van der Waals surface area contributed by atoms with Gasteiger partial charge in [0.2, 0.25) is 5.91 Å². The Kier molecular flexibility index (Phi) is 5.59. The number of anilines is 2. The molecule has 8 nitrogen and oxygen atoms in total. The fourth-order valence-electron chi connectivity index (χ4n) is 3.86. The van der Waals surface area contributed by atoms with Crippen molar-refractivity contribution in [2.75, 3.05) is 62.2 Å². The van der Waals surface area contributed by atoms with Crippen LogP contribution in [0.15, 0.2) is 42.7 Å². The maximum atomic E-state index is 13.0. The topological polar surface area (TPSA) is 72.9 Å². The number of aromatic nitrogens is 2. The number of piperazine rings is 2. The zero-order valence-electron chi connectivity index (χ0n) is 16.7. The number of carbonyl (C=O) groups excluding carboxylic acids is 2. The van der Waals surface area contributed by atoms with Crippen LogP contribution in [-0.2, 0) is 4.79 Å². The Balaban J connectivity index is 1.37. The van der Waals surface area contributed by atoms with Crippen LogP contribution in [0.25, 0.3) is 0 Å². The number of nitrogens with zero attached hydrogens (tertiary/aromatic N) is 6. The van der Waals surface area contributed by atoms with Gasteiger partial charge in [-0.3, -0.25) is 9.59 Å². The molecule has 0 unspecified atom stereocenters. The smallest absolute Gasteiger partial charge is 0.272 e. The van der Waals surface area contributed by atoms with Crippen LogP contribution in [0.1, 0.15) is 17.4 Å². The Labute approximate surface area is 170 Å². The summed E-state index contributed by atoms with van der Waals surface area (Å²) in [4.78, 5) is 41.1. The van der Waals surface area contributed by atoms with Crippen LogP contribution < -0.4 is 9.80 Å². The van der Waals surface area contributed by atoms with E-state index in [1.807, 2.05) is 28.0 Å². The molecule has 1 aromatic carbocycles. The summed E-state index contributed by atoms with van der Waals surface area (Å²) in [5.41, 5.74) is 1.62. The molecule has 2 aliphatic heterocycles. The second kappa shape index (κ2) is 8.46. The number of carbonyl (C=O) groups is 2. The Bertz CT molecular complexity index is 858. The lowest BCUT2D eigenvalue weighted by Gasteiger charge is -2.36. The molecule has 3 heterocycles. The number of hydrogen-bond acceptors (Lipinski definition) is 6. The van der Waals surface area contributed by atoms with Gasteiger partial charge in [-0.25, -0.2) is 9.97 Å². The molecule has 0 radical (unpaired) electrons. The van der Waals surface area contributed by atoms with Crippen LogP contribution in [0.5, 0.6) is 0 Å². The van der Waals surface area contributed by atoms with Gasteiger partial charge in [0.1, 0.15) is 17.8 Å². The summed E-state index contributed by atoms with van der Waals surface area (Å²) in [6.07, 6.45) is 1.46. The van der Waals surface area contributed by atoms with Gasteiger partial charge < -0.3 is 19.6 Å². The molecule has 0 atom stereocenters. The molecule has 8 heteroatoms. The average Bonchev–Trinajstić information content (AvgIpc) is 2.79. The second-order valence-corrected chi connectivity index (χ2v) is 7.37. The lowest BCUT2D eigenvalue weighted by Crippen LogP contribution is -2.49. The zero-order valence-corrected chi connectivity index (χ0v) is 16.7.